The first-order valence-electron chi connectivity index (χ1n) is 9.84. The molecule has 4 heterocycles. The molecule has 0 aliphatic carbocycles. The van der Waals surface area contributed by atoms with Gasteiger partial charge in [0.05, 0.1) is 16.5 Å². The summed E-state index contributed by atoms with van der Waals surface area (Å²) in [7, 11) is -3.04. The summed E-state index contributed by atoms with van der Waals surface area (Å²) in [5.41, 5.74) is 1.95. The number of sulfone groups is 1. The minimum absolute atomic E-state index is 0.268. The molecule has 29 heavy (non-hydrogen) atoms. The molecule has 5 rings (SSSR count). The normalized spacial score (nSPS) is 20.2. The van der Waals surface area contributed by atoms with Crippen LogP contribution >= 0.6 is 0 Å². The van der Waals surface area contributed by atoms with Crippen LogP contribution in [0.4, 0.5) is 11.6 Å². The van der Waals surface area contributed by atoms with Gasteiger partial charge < -0.3 is 9.80 Å². The van der Waals surface area contributed by atoms with E-state index in [2.05, 4.69) is 38.0 Å². The predicted molar refractivity (Wildman–Crippen MR) is 114 cm³/mol. The highest BCUT2D eigenvalue weighted by Crippen LogP contribution is 2.35. The SMILES string of the molecule is CS(=O)(=O)[C@@H]1CCN(c2nccnc2C2CN(c3ccc4ccccc4n3)C2)C1. The molecule has 8 heteroatoms. The summed E-state index contributed by atoms with van der Waals surface area (Å²) in [6, 6.07) is 12.3. The van der Waals surface area contributed by atoms with Crippen molar-refractivity contribution in [1.29, 1.82) is 0 Å². The zero-order chi connectivity index (χ0) is 20.0. The van der Waals surface area contributed by atoms with Gasteiger partial charge in [0.2, 0.25) is 0 Å². The Morgan fingerprint density at radius 3 is 2.55 bits per heavy atom. The molecule has 0 unspecified atom stereocenters. The maximum absolute atomic E-state index is 11.9. The molecule has 2 saturated heterocycles. The van der Waals surface area contributed by atoms with Crippen molar-refractivity contribution in [3.8, 4) is 0 Å². The zero-order valence-corrected chi connectivity index (χ0v) is 17.1. The number of rotatable bonds is 4. The summed E-state index contributed by atoms with van der Waals surface area (Å²) in [5, 5.41) is 0.816. The lowest BCUT2D eigenvalue weighted by molar-refractivity contribution is 0.507. The molecule has 1 atom stereocenters. The van der Waals surface area contributed by atoms with Gasteiger partial charge in [-0.2, -0.15) is 0 Å². The average molecular weight is 410 g/mol. The van der Waals surface area contributed by atoms with Gasteiger partial charge in [-0.15, -0.1) is 0 Å². The number of hydrogen-bond donors (Lipinski definition) is 0. The van der Waals surface area contributed by atoms with Gasteiger partial charge in [0.15, 0.2) is 15.7 Å². The third kappa shape index (κ3) is 3.42. The highest BCUT2D eigenvalue weighted by atomic mass is 32.2. The molecule has 0 N–H and O–H groups in total. The number of aromatic nitrogens is 3. The fourth-order valence-electron chi connectivity index (χ4n) is 4.21. The first kappa shape index (κ1) is 18.3. The number of anilines is 2. The second-order valence-electron chi connectivity index (χ2n) is 7.92. The molecule has 2 aliphatic heterocycles. The van der Waals surface area contributed by atoms with Crippen molar-refractivity contribution < 1.29 is 8.42 Å². The van der Waals surface area contributed by atoms with Crippen LogP contribution in [-0.2, 0) is 9.84 Å². The van der Waals surface area contributed by atoms with E-state index < -0.39 is 9.84 Å². The molecular formula is C21H23N5O2S. The lowest BCUT2D eigenvalue weighted by Crippen LogP contribution is -2.46. The topological polar surface area (TPSA) is 79.3 Å². The molecule has 0 radical (unpaired) electrons. The van der Waals surface area contributed by atoms with E-state index in [1.165, 1.54) is 6.26 Å². The minimum atomic E-state index is -3.04. The number of pyridine rings is 1. The summed E-state index contributed by atoms with van der Waals surface area (Å²) in [6.45, 7) is 2.86. The Hall–Kier alpha value is -2.74. The molecule has 7 nitrogen and oxygen atoms in total. The summed E-state index contributed by atoms with van der Waals surface area (Å²) >= 11 is 0. The van der Waals surface area contributed by atoms with Crippen LogP contribution < -0.4 is 9.80 Å². The second-order valence-corrected chi connectivity index (χ2v) is 10.2. The van der Waals surface area contributed by atoms with Crippen molar-refractivity contribution in [2.75, 3.05) is 42.2 Å². The van der Waals surface area contributed by atoms with Crippen LogP contribution in [0.2, 0.25) is 0 Å². The molecule has 150 valence electrons. The van der Waals surface area contributed by atoms with Crippen LogP contribution in [0.15, 0.2) is 48.8 Å². The van der Waals surface area contributed by atoms with Crippen molar-refractivity contribution in [1.82, 2.24) is 15.0 Å². The number of nitrogens with zero attached hydrogens (tertiary/aromatic N) is 5. The van der Waals surface area contributed by atoms with Gasteiger partial charge in [-0.3, -0.25) is 4.98 Å². The predicted octanol–water partition coefficient (Wildman–Crippen LogP) is 2.25. The number of benzene rings is 1. The highest BCUT2D eigenvalue weighted by Gasteiger charge is 2.36. The van der Waals surface area contributed by atoms with Crippen molar-refractivity contribution >= 4 is 32.4 Å². The molecule has 1 aromatic carbocycles. The van der Waals surface area contributed by atoms with E-state index in [0.29, 0.717) is 19.5 Å². The van der Waals surface area contributed by atoms with Gasteiger partial charge in [0.25, 0.3) is 0 Å². The molecule has 2 fully saturated rings. The third-order valence-corrected chi connectivity index (χ3v) is 7.53. The first-order valence-corrected chi connectivity index (χ1v) is 11.8. The molecule has 0 saturated carbocycles. The fourth-order valence-corrected chi connectivity index (χ4v) is 5.20. The van der Waals surface area contributed by atoms with Crippen molar-refractivity contribution in [2.24, 2.45) is 0 Å². The molecule has 2 aliphatic rings. The van der Waals surface area contributed by atoms with Gasteiger partial charge in [0.1, 0.15) is 5.82 Å². The highest BCUT2D eigenvalue weighted by molar-refractivity contribution is 7.91. The van der Waals surface area contributed by atoms with Gasteiger partial charge in [-0.1, -0.05) is 18.2 Å². The Morgan fingerprint density at radius 1 is 0.966 bits per heavy atom. The smallest absolute Gasteiger partial charge is 0.152 e. The van der Waals surface area contributed by atoms with E-state index in [1.54, 1.807) is 12.4 Å². The van der Waals surface area contributed by atoms with Gasteiger partial charge in [0, 0.05) is 56.1 Å². The molecule has 2 aromatic heterocycles. The molecule has 0 amide bonds. The monoisotopic (exact) mass is 409 g/mol. The lowest BCUT2D eigenvalue weighted by Gasteiger charge is -2.40. The largest absolute Gasteiger partial charge is 0.355 e. The van der Waals surface area contributed by atoms with E-state index >= 15 is 0 Å². The van der Waals surface area contributed by atoms with E-state index in [-0.39, 0.29) is 11.2 Å². The fraction of sp³-hybridized carbons (Fsp3) is 0.381. The standard InChI is InChI=1S/C21H23N5O2S/c1-29(27,28)17-8-11-25(14-17)21-20(22-9-10-23-21)16-12-26(13-16)19-7-6-15-4-2-3-5-18(15)24-19/h2-7,9-10,16-17H,8,11-14H2,1H3/t17-/m1/s1. The Kier molecular flexibility index (Phi) is 4.38. The average Bonchev–Trinajstić information content (AvgIpc) is 3.18. The minimum Gasteiger partial charge on any atom is -0.355 e. The van der Waals surface area contributed by atoms with Crippen molar-refractivity contribution in [2.45, 2.75) is 17.6 Å². The Balaban J connectivity index is 1.33. The number of para-hydroxylation sites is 1. The van der Waals surface area contributed by atoms with Crippen LogP contribution in [-0.4, -0.2) is 61.1 Å². The van der Waals surface area contributed by atoms with Crippen molar-refractivity contribution in [3.05, 3.63) is 54.5 Å². The second kappa shape index (κ2) is 6.95. The lowest BCUT2D eigenvalue weighted by atomic mass is 9.95. The van der Waals surface area contributed by atoms with E-state index in [9.17, 15) is 8.42 Å². The number of hydrogen-bond acceptors (Lipinski definition) is 7. The van der Waals surface area contributed by atoms with Crippen molar-refractivity contribution in [3.63, 3.8) is 0 Å². The molecular weight excluding hydrogens is 386 g/mol. The first-order chi connectivity index (χ1) is 14.0. The summed E-state index contributed by atoms with van der Waals surface area (Å²) in [5.74, 6) is 2.07. The van der Waals surface area contributed by atoms with Gasteiger partial charge in [-0.25, -0.2) is 18.4 Å². The molecule has 0 bridgehead atoms. The molecule has 3 aromatic rings. The van der Waals surface area contributed by atoms with E-state index in [4.69, 9.17) is 4.98 Å². The van der Waals surface area contributed by atoms with Gasteiger partial charge in [-0.05, 0) is 24.6 Å². The van der Waals surface area contributed by atoms with Gasteiger partial charge >= 0.3 is 0 Å². The van der Waals surface area contributed by atoms with Crippen LogP contribution in [0, 0.1) is 0 Å². The van der Waals surface area contributed by atoms with Crippen LogP contribution in [0.5, 0.6) is 0 Å². The molecule has 0 spiro atoms. The van der Waals surface area contributed by atoms with Crippen LogP contribution in [0.25, 0.3) is 10.9 Å². The summed E-state index contributed by atoms with van der Waals surface area (Å²) < 4.78 is 23.8. The van der Waals surface area contributed by atoms with E-state index in [0.717, 1.165) is 41.3 Å². The summed E-state index contributed by atoms with van der Waals surface area (Å²) in [6.07, 6.45) is 5.37. The Labute approximate surface area is 170 Å². The Morgan fingerprint density at radius 2 is 1.76 bits per heavy atom. The Bertz CT molecular complexity index is 1160. The number of fused-ring (bicyclic) bond motifs is 1. The van der Waals surface area contributed by atoms with E-state index in [1.807, 2.05) is 18.2 Å². The quantitative estimate of drug-likeness (QED) is 0.654. The summed E-state index contributed by atoms with van der Waals surface area (Å²) in [4.78, 5) is 18.3. The van der Waals surface area contributed by atoms with Crippen LogP contribution in [0.1, 0.15) is 18.0 Å². The zero-order valence-electron chi connectivity index (χ0n) is 16.3. The maximum Gasteiger partial charge on any atom is 0.152 e. The third-order valence-electron chi connectivity index (χ3n) is 5.93. The van der Waals surface area contributed by atoms with Crippen LogP contribution in [0.3, 0.4) is 0 Å². The maximum atomic E-state index is 11.9.